The molecule has 1 amide bonds. The van der Waals surface area contributed by atoms with Gasteiger partial charge in [-0.2, -0.15) is 0 Å². The topological polar surface area (TPSA) is 35.6 Å². The van der Waals surface area contributed by atoms with Crippen LogP contribution in [-0.4, -0.2) is 50.1 Å². The monoisotopic (exact) mass is 303 g/mol. The van der Waals surface area contributed by atoms with Crippen molar-refractivity contribution in [2.45, 2.75) is 32.7 Å². The minimum Gasteiger partial charge on any atom is -0.319 e. The van der Waals surface area contributed by atoms with E-state index in [9.17, 15) is 4.79 Å². The molecule has 0 atom stereocenters. The van der Waals surface area contributed by atoms with E-state index in [0.717, 1.165) is 31.2 Å². The van der Waals surface area contributed by atoms with Gasteiger partial charge in [0.15, 0.2) is 0 Å². The van der Waals surface area contributed by atoms with E-state index in [2.05, 4.69) is 24.1 Å². The first kappa shape index (κ1) is 17.0. The van der Waals surface area contributed by atoms with Crippen LogP contribution in [0.1, 0.15) is 26.7 Å². The van der Waals surface area contributed by atoms with Gasteiger partial charge in [-0.15, -0.1) is 0 Å². The van der Waals surface area contributed by atoms with Gasteiger partial charge in [0.2, 0.25) is 5.91 Å². The SMILES string of the molecule is CNCC1CCN(CC(=O)N(c2ccccc2)C(C)C)CC1. The van der Waals surface area contributed by atoms with Crippen molar-refractivity contribution in [2.24, 2.45) is 5.92 Å². The van der Waals surface area contributed by atoms with Gasteiger partial charge in [0.25, 0.3) is 0 Å². The Morgan fingerprint density at radius 1 is 1.27 bits per heavy atom. The minimum absolute atomic E-state index is 0.178. The number of rotatable bonds is 6. The van der Waals surface area contributed by atoms with Gasteiger partial charge in [-0.3, -0.25) is 9.69 Å². The molecule has 1 aromatic rings. The third kappa shape index (κ3) is 4.55. The fraction of sp³-hybridized carbons (Fsp3) is 0.611. The van der Waals surface area contributed by atoms with Crippen LogP contribution in [-0.2, 0) is 4.79 Å². The molecule has 1 N–H and O–H groups in total. The summed E-state index contributed by atoms with van der Waals surface area (Å²) in [6.07, 6.45) is 2.36. The van der Waals surface area contributed by atoms with Crippen molar-refractivity contribution < 1.29 is 4.79 Å². The maximum absolute atomic E-state index is 12.7. The highest BCUT2D eigenvalue weighted by Crippen LogP contribution is 2.19. The summed E-state index contributed by atoms with van der Waals surface area (Å²) in [5, 5.41) is 3.25. The second kappa shape index (κ2) is 8.30. The van der Waals surface area contributed by atoms with Crippen LogP contribution in [0.2, 0.25) is 0 Å². The molecule has 4 nitrogen and oxygen atoms in total. The molecule has 0 aliphatic carbocycles. The molecule has 0 bridgehead atoms. The van der Waals surface area contributed by atoms with E-state index in [-0.39, 0.29) is 11.9 Å². The number of carbonyl (C=O) groups excluding carboxylic acids is 1. The lowest BCUT2D eigenvalue weighted by molar-refractivity contribution is -0.120. The normalized spacial score (nSPS) is 16.9. The van der Waals surface area contributed by atoms with Crippen molar-refractivity contribution in [3.63, 3.8) is 0 Å². The van der Waals surface area contributed by atoms with E-state index in [1.165, 1.54) is 12.8 Å². The van der Waals surface area contributed by atoms with Gasteiger partial charge in [-0.05, 0) is 71.4 Å². The number of likely N-dealkylation sites (tertiary alicyclic amines) is 1. The molecule has 1 heterocycles. The first-order chi connectivity index (χ1) is 10.6. The standard InChI is InChI=1S/C18H29N3O/c1-15(2)21(17-7-5-4-6-8-17)18(22)14-20-11-9-16(10-12-20)13-19-3/h4-8,15-16,19H,9-14H2,1-3H3. The molecule has 1 fully saturated rings. The lowest BCUT2D eigenvalue weighted by Crippen LogP contribution is -2.46. The highest BCUT2D eigenvalue weighted by molar-refractivity contribution is 5.95. The summed E-state index contributed by atoms with van der Waals surface area (Å²) in [4.78, 5) is 16.9. The molecule has 0 unspecified atom stereocenters. The highest BCUT2D eigenvalue weighted by atomic mass is 16.2. The summed E-state index contributed by atoms with van der Waals surface area (Å²) in [6.45, 7) is 7.81. The predicted octanol–water partition coefficient (Wildman–Crippen LogP) is 2.36. The van der Waals surface area contributed by atoms with Crippen LogP contribution >= 0.6 is 0 Å². The average molecular weight is 303 g/mol. The number of benzene rings is 1. The summed E-state index contributed by atoms with van der Waals surface area (Å²) < 4.78 is 0. The lowest BCUT2D eigenvalue weighted by Gasteiger charge is -2.34. The van der Waals surface area contributed by atoms with Crippen LogP contribution in [0.3, 0.4) is 0 Å². The van der Waals surface area contributed by atoms with Gasteiger partial charge in [-0.25, -0.2) is 0 Å². The second-order valence-corrected chi connectivity index (χ2v) is 6.47. The molecule has 22 heavy (non-hydrogen) atoms. The summed E-state index contributed by atoms with van der Waals surface area (Å²) >= 11 is 0. The number of nitrogens with one attached hydrogen (secondary N) is 1. The Morgan fingerprint density at radius 3 is 2.45 bits per heavy atom. The van der Waals surface area contributed by atoms with E-state index in [4.69, 9.17) is 0 Å². The molecule has 2 rings (SSSR count). The highest BCUT2D eigenvalue weighted by Gasteiger charge is 2.24. The van der Waals surface area contributed by atoms with Crippen molar-refractivity contribution in [3.8, 4) is 0 Å². The number of hydrogen-bond donors (Lipinski definition) is 1. The van der Waals surface area contributed by atoms with Crippen LogP contribution in [0.5, 0.6) is 0 Å². The predicted molar refractivity (Wildman–Crippen MR) is 92.2 cm³/mol. The zero-order chi connectivity index (χ0) is 15.9. The second-order valence-electron chi connectivity index (χ2n) is 6.47. The summed E-state index contributed by atoms with van der Waals surface area (Å²) in [7, 11) is 2.01. The minimum atomic E-state index is 0.178. The number of piperidine rings is 1. The van der Waals surface area contributed by atoms with Crippen LogP contribution < -0.4 is 10.2 Å². The van der Waals surface area contributed by atoms with E-state index in [0.29, 0.717) is 6.54 Å². The fourth-order valence-electron chi connectivity index (χ4n) is 3.22. The molecule has 4 heteroatoms. The molecular formula is C18H29N3O. The zero-order valence-corrected chi connectivity index (χ0v) is 14.1. The Kier molecular flexibility index (Phi) is 6.40. The molecule has 0 radical (unpaired) electrons. The quantitative estimate of drug-likeness (QED) is 0.876. The number of amides is 1. The first-order valence-corrected chi connectivity index (χ1v) is 8.36. The van der Waals surface area contributed by atoms with Crippen molar-refractivity contribution >= 4 is 11.6 Å². The van der Waals surface area contributed by atoms with Gasteiger partial charge < -0.3 is 10.2 Å². The summed E-state index contributed by atoms with van der Waals surface area (Å²) in [5.74, 6) is 0.958. The molecule has 1 aliphatic rings. The van der Waals surface area contributed by atoms with E-state index in [1.54, 1.807) is 0 Å². The van der Waals surface area contributed by atoms with Crippen LogP contribution in [0.15, 0.2) is 30.3 Å². The van der Waals surface area contributed by atoms with Crippen molar-refractivity contribution in [3.05, 3.63) is 30.3 Å². The third-order valence-corrected chi connectivity index (χ3v) is 4.38. The molecule has 0 spiro atoms. The molecule has 0 saturated carbocycles. The smallest absolute Gasteiger partial charge is 0.241 e. The first-order valence-electron chi connectivity index (χ1n) is 8.36. The number of carbonyl (C=O) groups is 1. The van der Waals surface area contributed by atoms with Gasteiger partial charge in [0.1, 0.15) is 0 Å². The fourth-order valence-corrected chi connectivity index (χ4v) is 3.22. The van der Waals surface area contributed by atoms with Crippen LogP contribution in [0.4, 0.5) is 5.69 Å². The zero-order valence-electron chi connectivity index (χ0n) is 14.1. The number of anilines is 1. The third-order valence-electron chi connectivity index (χ3n) is 4.38. The molecule has 1 aromatic carbocycles. The molecule has 122 valence electrons. The molecule has 1 aliphatic heterocycles. The largest absolute Gasteiger partial charge is 0.319 e. The Morgan fingerprint density at radius 2 is 1.91 bits per heavy atom. The van der Waals surface area contributed by atoms with Gasteiger partial charge in [0, 0.05) is 11.7 Å². The Balaban J connectivity index is 1.93. The van der Waals surface area contributed by atoms with Gasteiger partial charge >= 0.3 is 0 Å². The number of hydrogen-bond acceptors (Lipinski definition) is 3. The maximum atomic E-state index is 12.7. The van der Waals surface area contributed by atoms with Crippen molar-refractivity contribution in [1.82, 2.24) is 10.2 Å². The Labute approximate surface area is 134 Å². The van der Waals surface area contributed by atoms with Crippen LogP contribution in [0.25, 0.3) is 0 Å². The molecule has 0 aromatic heterocycles. The van der Waals surface area contributed by atoms with Gasteiger partial charge in [-0.1, -0.05) is 18.2 Å². The lowest BCUT2D eigenvalue weighted by atomic mass is 9.97. The summed E-state index contributed by atoms with van der Waals surface area (Å²) in [6, 6.07) is 10.2. The van der Waals surface area contributed by atoms with E-state index in [1.807, 2.05) is 42.3 Å². The van der Waals surface area contributed by atoms with Crippen molar-refractivity contribution in [1.29, 1.82) is 0 Å². The Bertz CT molecular complexity index is 453. The van der Waals surface area contributed by atoms with E-state index < -0.39 is 0 Å². The molecular weight excluding hydrogens is 274 g/mol. The number of nitrogens with zero attached hydrogens (tertiary/aromatic N) is 2. The van der Waals surface area contributed by atoms with Crippen molar-refractivity contribution in [2.75, 3.05) is 38.1 Å². The summed E-state index contributed by atoms with van der Waals surface area (Å²) in [5.41, 5.74) is 0.993. The maximum Gasteiger partial charge on any atom is 0.241 e. The van der Waals surface area contributed by atoms with Crippen LogP contribution in [0, 0.1) is 5.92 Å². The number of para-hydroxylation sites is 1. The van der Waals surface area contributed by atoms with E-state index >= 15 is 0 Å². The Hall–Kier alpha value is -1.39. The average Bonchev–Trinajstić information content (AvgIpc) is 2.50. The van der Waals surface area contributed by atoms with Gasteiger partial charge in [0.05, 0.1) is 6.54 Å². The molecule has 1 saturated heterocycles.